The van der Waals surface area contributed by atoms with E-state index in [2.05, 4.69) is 33.2 Å². The van der Waals surface area contributed by atoms with Crippen LogP contribution in [-0.4, -0.2) is 64.4 Å². The van der Waals surface area contributed by atoms with Gasteiger partial charge < -0.3 is 5.32 Å². The maximum absolute atomic E-state index is 6.59. The van der Waals surface area contributed by atoms with Crippen molar-refractivity contribution in [3.63, 3.8) is 0 Å². The fourth-order valence-corrected chi connectivity index (χ4v) is 0.929. The van der Waals surface area contributed by atoms with E-state index in [0.717, 1.165) is 25.9 Å². The lowest BCUT2D eigenvalue weighted by molar-refractivity contribution is 0.296. The molecule has 0 amide bonds. The molecule has 20 heavy (non-hydrogen) atoms. The van der Waals surface area contributed by atoms with Gasteiger partial charge in [0.2, 0.25) is 0 Å². The average molecular weight is 284 g/mol. The number of rotatable bonds is 6. The lowest BCUT2D eigenvalue weighted by Crippen LogP contribution is -2.24. The second-order valence-corrected chi connectivity index (χ2v) is 4.05. The van der Waals surface area contributed by atoms with E-state index >= 15 is 0 Å². The zero-order valence-corrected chi connectivity index (χ0v) is 14.2. The Balaban J connectivity index is -0.000000243. The third kappa shape index (κ3) is 25.5. The molecule has 0 aromatic rings. The summed E-state index contributed by atoms with van der Waals surface area (Å²) in [6.45, 7) is 7.72. The third-order valence-corrected chi connectivity index (χ3v) is 1.81. The summed E-state index contributed by atoms with van der Waals surface area (Å²) in [6, 6.07) is 4.62. The molecule has 6 nitrogen and oxygen atoms in total. The fraction of sp³-hybridized carbons (Fsp3) is 0.857. The number of nitrogens with zero attached hydrogens (tertiary/aromatic N) is 4. The standard InChI is InChI=1S/C6H13N3.C6H12N2.C2H7N/c1-4-6(8-5-7)9(2)3;1-3-5-8-6-7-4-2;1-3-2/h6-7H,4H2,1-3H3;3-5H2,1-2H3;3H,1-2H3. The number of nitrogens with one attached hydrogen (secondary N) is 2. The van der Waals surface area contributed by atoms with Crippen molar-refractivity contribution >= 4 is 12.0 Å². The first kappa shape index (κ1) is 23.7. The lowest BCUT2D eigenvalue weighted by Gasteiger charge is -2.15. The van der Waals surface area contributed by atoms with Crippen LogP contribution in [0.5, 0.6) is 0 Å². The van der Waals surface area contributed by atoms with Crippen LogP contribution in [-0.2, 0) is 0 Å². The van der Waals surface area contributed by atoms with Gasteiger partial charge in [0.15, 0.2) is 0 Å². The van der Waals surface area contributed by atoms with Crippen molar-refractivity contribution < 1.29 is 0 Å². The molecule has 0 heterocycles. The smallest absolute Gasteiger partial charge is 0.112 e. The third-order valence-electron chi connectivity index (χ3n) is 1.81. The molecule has 0 fully saturated rings. The first-order valence-corrected chi connectivity index (χ1v) is 6.99. The van der Waals surface area contributed by atoms with Gasteiger partial charge in [0.1, 0.15) is 6.17 Å². The zero-order chi connectivity index (χ0) is 16.2. The lowest BCUT2D eigenvalue weighted by atomic mass is 10.4. The minimum absolute atomic E-state index is 0.127. The van der Waals surface area contributed by atoms with Crippen molar-refractivity contribution in [3.05, 3.63) is 0 Å². The van der Waals surface area contributed by atoms with Gasteiger partial charge in [0.25, 0.3) is 0 Å². The molecule has 0 spiro atoms. The molecule has 0 aromatic carbocycles. The second-order valence-electron chi connectivity index (χ2n) is 4.05. The maximum atomic E-state index is 6.59. The molecule has 0 aliphatic carbocycles. The first-order chi connectivity index (χ1) is 9.55. The molecule has 0 bridgehead atoms. The Kier molecular flexibility index (Phi) is 27.1. The van der Waals surface area contributed by atoms with Gasteiger partial charge in [-0.2, -0.15) is 0 Å². The van der Waals surface area contributed by atoms with E-state index in [0.29, 0.717) is 0 Å². The van der Waals surface area contributed by atoms with Crippen LogP contribution in [0.4, 0.5) is 0 Å². The SMILES string of the molecule is CCC(N=C=N)N(C)C.CCCN=C=NCC.CNC. The van der Waals surface area contributed by atoms with E-state index in [1.54, 1.807) is 0 Å². The number of hydrogen-bond donors (Lipinski definition) is 2. The van der Waals surface area contributed by atoms with Gasteiger partial charge >= 0.3 is 0 Å². The molecular formula is C14H32N6. The molecule has 0 aliphatic rings. The highest BCUT2D eigenvalue weighted by Crippen LogP contribution is 1.97. The van der Waals surface area contributed by atoms with Crippen LogP contribution < -0.4 is 5.32 Å². The summed E-state index contributed by atoms with van der Waals surface area (Å²) in [7, 11) is 7.63. The Morgan fingerprint density at radius 1 is 1.15 bits per heavy atom. The van der Waals surface area contributed by atoms with Crippen LogP contribution >= 0.6 is 0 Å². The van der Waals surface area contributed by atoms with Crippen LogP contribution in [0.1, 0.15) is 33.6 Å². The Labute approximate surface area is 124 Å². The minimum Gasteiger partial charge on any atom is -0.323 e. The molecule has 0 radical (unpaired) electrons. The van der Waals surface area contributed by atoms with Gasteiger partial charge in [-0.25, -0.2) is 20.4 Å². The van der Waals surface area contributed by atoms with E-state index in [-0.39, 0.29) is 6.17 Å². The molecule has 6 heteroatoms. The van der Waals surface area contributed by atoms with Crippen LogP contribution in [0.3, 0.4) is 0 Å². The predicted octanol–water partition coefficient (Wildman–Crippen LogP) is 2.46. The molecule has 2 N–H and O–H groups in total. The summed E-state index contributed by atoms with van der Waals surface area (Å²) in [5.41, 5.74) is 0. The summed E-state index contributed by atoms with van der Waals surface area (Å²) in [5.74, 6) is 0. The highest BCUT2D eigenvalue weighted by Gasteiger charge is 2.03. The van der Waals surface area contributed by atoms with E-state index in [1.807, 2.05) is 52.9 Å². The Morgan fingerprint density at radius 2 is 1.70 bits per heavy atom. The highest BCUT2D eigenvalue weighted by atomic mass is 15.2. The quantitative estimate of drug-likeness (QED) is 0.735. The first-order valence-electron chi connectivity index (χ1n) is 6.99. The number of aliphatic imine (C=N–C) groups is 3. The van der Waals surface area contributed by atoms with Crippen LogP contribution in [0.25, 0.3) is 0 Å². The summed E-state index contributed by atoms with van der Waals surface area (Å²) >= 11 is 0. The molecular weight excluding hydrogens is 252 g/mol. The molecule has 0 saturated carbocycles. The van der Waals surface area contributed by atoms with Crippen LogP contribution in [0, 0.1) is 5.41 Å². The summed E-state index contributed by atoms with van der Waals surface area (Å²) in [5, 5.41) is 9.34. The van der Waals surface area contributed by atoms with E-state index in [4.69, 9.17) is 5.41 Å². The zero-order valence-electron chi connectivity index (χ0n) is 14.2. The summed E-state index contributed by atoms with van der Waals surface area (Å²) in [6.07, 6.45) is 2.13. The Morgan fingerprint density at radius 3 is 1.95 bits per heavy atom. The van der Waals surface area contributed by atoms with E-state index < -0.39 is 0 Å². The van der Waals surface area contributed by atoms with Gasteiger partial charge in [-0.1, -0.05) is 13.8 Å². The van der Waals surface area contributed by atoms with Gasteiger partial charge in [-0.15, -0.1) is 0 Å². The molecule has 0 rings (SSSR count). The van der Waals surface area contributed by atoms with E-state index in [1.165, 1.54) is 0 Å². The van der Waals surface area contributed by atoms with E-state index in [9.17, 15) is 0 Å². The van der Waals surface area contributed by atoms with Crippen molar-refractivity contribution in [2.24, 2.45) is 15.0 Å². The van der Waals surface area contributed by atoms with Crippen molar-refractivity contribution in [3.8, 4) is 0 Å². The summed E-state index contributed by atoms with van der Waals surface area (Å²) in [4.78, 5) is 13.4. The average Bonchev–Trinajstić information content (AvgIpc) is 2.42. The molecule has 0 aliphatic heterocycles. The van der Waals surface area contributed by atoms with Crippen molar-refractivity contribution in [1.82, 2.24) is 10.2 Å². The Hall–Kier alpha value is -1.32. The molecule has 1 unspecified atom stereocenters. The van der Waals surface area contributed by atoms with Crippen LogP contribution in [0.15, 0.2) is 15.0 Å². The Bertz CT molecular complexity index is 275. The molecule has 0 aromatic heterocycles. The normalized spacial score (nSPS) is 9.80. The van der Waals surface area contributed by atoms with Gasteiger partial charge in [0, 0.05) is 13.1 Å². The van der Waals surface area contributed by atoms with Crippen molar-refractivity contribution in [1.29, 1.82) is 5.41 Å². The molecule has 0 saturated heterocycles. The van der Waals surface area contributed by atoms with Crippen molar-refractivity contribution in [2.45, 2.75) is 39.8 Å². The van der Waals surface area contributed by atoms with Gasteiger partial charge in [-0.3, -0.25) is 4.90 Å². The predicted molar refractivity (Wildman–Crippen MR) is 88.5 cm³/mol. The minimum atomic E-state index is 0.127. The van der Waals surface area contributed by atoms with Gasteiger partial charge in [-0.05, 0) is 48.0 Å². The topological polar surface area (TPSA) is 76.2 Å². The fourth-order valence-electron chi connectivity index (χ4n) is 0.929. The van der Waals surface area contributed by atoms with Crippen molar-refractivity contribution in [2.75, 3.05) is 41.3 Å². The van der Waals surface area contributed by atoms with Gasteiger partial charge in [0.05, 0.1) is 12.0 Å². The maximum Gasteiger partial charge on any atom is 0.112 e. The monoisotopic (exact) mass is 284 g/mol. The second kappa shape index (κ2) is 22.8. The largest absolute Gasteiger partial charge is 0.323 e. The molecule has 118 valence electrons. The highest BCUT2D eigenvalue weighted by molar-refractivity contribution is 5.40. The van der Waals surface area contributed by atoms with Crippen LogP contribution in [0.2, 0.25) is 0 Å². The number of hydrogen-bond acceptors (Lipinski definition) is 6. The summed E-state index contributed by atoms with van der Waals surface area (Å²) < 4.78 is 0. The molecule has 1 atom stereocenters.